The number of nitrogens with zero attached hydrogens (tertiary/aromatic N) is 4. The van der Waals surface area contributed by atoms with Crippen LogP contribution in [0.15, 0.2) is 82.2 Å². The van der Waals surface area contributed by atoms with E-state index in [4.69, 9.17) is 9.68 Å². The van der Waals surface area contributed by atoms with Gasteiger partial charge in [-0.2, -0.15) is 0 Å². The average molecular weight is 649 g/mol. The number of nitro benzene ring substituents is 1. The second-order valence-corrected chi connectivity index (χ2v) is 12.1. The van der Waals surface area contributed by atoms with Crippen molar-refractivity contribution in [3.63, 3.8) is 0 Å². The Labute approximate surface area is 274 Å². The molecule has 0 aliphatic heterocycles. The molecule has 0 N–H and O–H groups in total. The summed E-state index contributed by atoms with van der Waals surface area (Å²) in [6.07, 6.45) is 14.4. The summed E-state index contributed by atoms with van der Waals surface area (Å²) in [6.45, 7) is 3.15. The van der Waals surface area contributed by atoms with Gasteiger partial charge < -0.3 is 14.2 Å². The lowest BCUT2D eigenvalue weighted by molar-refractivity contribution is -0.383. The van der Waals surface area contributed by atoms with E-state index in [0.717, 1.165) is 25.7 Å². The molecule has 12 heteroatoms. The van der Waals surface area contributed by atoms with Gasteiger partial charge in [-0.1, -0.05) is 59.6 Å². The number of carbonyl (C=O) groups excluding carboxylic acids is 4. The summed E-state index contributed by atoms with van der Waals surface area (Å²) in [5.41, 5.74) is 2.30. The molecule has 1 saturated carbocycles. The van der Waals surface area contributed by atoms with Crippen molar-refractivity contribution in [2.24, 2.45) is 23.3 Å². The van der Waals surface area contributed by atoms with E-state index in [1.807, 2.05) is 6.08 Å². The molecule has 3 aliphatic rings. The molecule has 1 fully saturated rings. The second kappa shape index (κ2) is 13.1. The number of rotatable bonds is 10. The minimum atomic E-state index is -0.696. The molecule has 0 bridgehead atoms. The van der Waals surface area contributed by atoms with Gasteiger partial charge in [-0.05, 0) is 63.3 Å². The topological polar surface area (TPSA) is 160 Å². The maximum absolute atomic E-state index is 14.1. The van der Waals surface area contributed by atoms with Crippen LogP contribution < -0.4 is 0 Å². The van der Waals surface area contributed by atoms with Gasteiger partial charge in [-0.25, -0.2) is 9.59 Å². The van der Waals surface area contributed by atoms with Gasteiger partial charge in [0.15, 0.2) is 0 Å². The van der Waals surface area contributed by atoms with Crippen molar-refractivity contribution in [1.29, 1.82) is 0 Å². The Morgan fingerprint density at radius 2 is 1.40 bits per heavy atom. The van der Waals surface area contributed by atoms with Crippen LogP contribution >= 0.6 is 0 Å². The number of hydrogen-bond donors (Lipinski definition) is 0. The quantitative estimate of drug-likeness (QED) is 0.0772. The van der Waals surface area contributed by atoms with Gasteiger partial charge in [0, 0.05) is 52.1 Å². The third-order valence-electron chi connectivity index (χ3n) is 8.93. The Kier molecular flexibility index (Phi) is 8.81. The molecule has 48 heavy (non-hydrogen) atoms. The fourth-order valence-corrected chi connectivity index (χ4v) is 6.53. The molecule has 6 rings (SSSR count). The van der Waals surface area contributed by atoms with Crippen LogP contribution in [0, 0.1) is 23.0 Å². The van der Waals surface area contributed by atoms with Gasteiger partial charge in [-0.15, -0.1) is 0 Å². The normalized spacial score (nSPS) is 16.5. The van der Waals surface area contributed by atoms with Gasteiger partial charge in [0.05, 0.1) is 10.4 Å². The van der Waals surface area contributed by atoms with Crippen molar-refractivity contribution >= 4 is 62.4 Å². The third-order valence-corrected chi connectivity index (χ3v) is 8.93. The number of hydrogen-bond acceptors (Lipinski definition) is 10. The molecular weight excluding hydrogens is 616 g/mol. The SMILES string of the molecule is C/C(=N\OC(=O)C1=CC=CC1)C(=O)c1cc([N+](=O)[O-])c2c(c1)c1cc(C(=O)/C(=N/OC(=O)C3=CC=CC3)C3CCCC3)cc(C)c1n2C. The van der Waals surface area contributed by atoms with Gasteiger partial charge >= 0.3 is 11.9 Å². The zero-order valence-corrected chi connectivity index (χ0v) is 26.6. The lowest BCUT2D eigenvalue weighted by Crippen LogP contribution is -2.24. The van der Waals surface area contributed by atoms with E-state index in [9.17, 15) is 29.3 Å². The van der Waals surface area contributed by atoms with E-state index in [2.05, 4.69) is 10.3 Å². The Balaban J connectivity index is 1.41. The predicted octanol–water partition coefficient (Wildman–Crippen LogP) is 6.69. The number of oxime groups is 2. The van der Waals surface area contributed by atoms with Crippen LogP contribution in [0.2, 0.25) is 0 Å². The van der Waals surface area contributed by atoms with Crippen molar-refractivity contribution < 1.29 is 33.8 Å². The van der Waals surface area contributed by atoms with Gasteiger partial charge in [-0.3, -0.25) is 19.7 Å². The monoisotopic (exact) mass is 648 g/mol. The first-order valence-electron chi connectivity index (χ1n) is 15.6. The molecule has 0 saturated heterocycles. The summed E-state index contributed by atoms with van der Waals surface area (Å²) in [6, 6.07) is 6.01. The highest BCUT2D eigenvalue weighted by Gasteiger charge is 2.31. The number of allylic oxidation sites excluding steroid dienone is 6. The fraction of sp³-hybridized carbons (Fsp3) is 0.278. The number of aryl methyl sites for hydroxylation is 2. The number of fused-ring (bicyclic) bond motifs is 3. The van der Waals surface area contributed by atoms with Crippen molar-refractivity contribution in [3.8, 4) is 0 Å². The minimum absolute atomic E-state index is 0.0362. The predicted molar refractivity (Wildman–Crippen MR) is 179 cm³/mol. The van der Waals surface area contributed by atoms with Crippen molar-refractivity contribution in [1.82, 2.24) is 4.57 Å². The first-order chi connectivity index (χ1) is 23.0. The van der Waals surface area contributed by atoms with Crippen molar-refractivity contribution in [2.45, 2.75) is 52.4 Å². The van der Waals surface area contributed by atoms with Crippen LogP contribution in [-0.2, 0) is 26.3 Å². The van der Waals surface area contributed by atoms with Crippen LogP contribution in [-0.4, -0.2) is 44.4 Å². The molecule has 3 aliphatic carbocycles. The molecule has 0 amide bonds. The van der Waals surface area contributed by atoms with E-state index in [-0.39, 0.29) is 39.7 Å². The number of carbonyl (C=O) groups is 4. The highest BCUT2D eigenvalue weighted by molar-refractivity contribution is 6.47. The van der Waals surface area contributed by atoms with E-state index >= 15 is 0 Å². The standard InChI is InChI=1S/C36H32N4O8/c1-20-16-25(34(42)30(22-10-4-5-11-22)38-48-36(44)24-14-8-9-15-24)17-27-28-18-26(19-29(40(45)46)32(28)39(3)31(20)27)33(41)21(2)37-47-35(43)23-12-6-7-13-23/h6-9,12,14,16-19,22H,4-5,10-11,13,15H2,1-3H3/b37-21+,38-30+. The van der Waals surface area contributed by atoms with Crippen LogP contribution in [0.25, 0.3) is 21.8 Å². The lowest BCUT2D eigenvalue weighted by atomic mass is 9.92. The summed E-state index contributed by atoms with van der Waals surface area (Å²) in [5.74, 6) is -2.58. The molecule has 1 heterocycles. The van der Waals surface area contributed by atoms with E-state index in [1.165, 1.54) is 19.1 Å². The second-order valence-electron chi connectivity index (χ2n) is 12.1. The van der Waals surface area contributed by atoms with Crippen LogP contribution in [0.1, 0.15) is 71.7 Å². The Morgan fingerprint density at radius 3 is 1.96 bits per heavy atom. The summed E-state index contributed by atoms with van der Waals surface area (Å²) in [5, 5.41) is 21.0. The zero-order valence-electron chi connectivity index (χ0n) is 26.6. The molecular formula is C36H32N4O8. The molecule has 244 valence electrons. The van der Waals surface area contributed by atoms with Gasteiger partial charge in [0.1, 0.15) is 16.9 Å². The first kappa shape index (κ1) is 32.2. The van der Waals surface area contributed by atoms with E-state index in [1.54, 1.807) is 61.1 Å². The van der Waals surface area contributed by atoms with Crippen LogP contribution in [0.4, 0.5) is 5.69 Å². The largest absolute Gasteiger partial charge is 0.362 e. The number of nitro groups is 1. The molecule has 0 radical (unpaired) electrons. The lowest BCUT2D eigenvalue weighted by Gasteiger charge is -2.13. The molecule has 12 nitrogen and oxygen atoms in total. The Morgan fingerprint density at radius 1 is 0.833 bits per heavy atom. The highest BCUT2D eigenvalue weighted by Crippen LogP contribution is 2.38. The summed E-state index contributed by atoms with van der Waals surface area (Å²) < 4.78 is 1.67. The average Bonchev–Trinajstić information content (AvgIpc) is 3.91. The van der Waals surface area contributed by atoms with Crippen molar-refractivity contribution in [3.05, 3.63) is 98.7 Å². The van der Waals surface area contributed by atoms with E-state index < -0.39 is 28.4 Å². The van der Waals surface area contributed by atoms with Crippen LogP contribution in [0.3, 0.4) is 0 Å². The molecule has 0 atom stereocenters. The highest BCUT2D eigenvalue weighted by atomic mass is 16.7. The summed E-state index contributed by atoms with van der Waals surface area (Å²) in [7, 11) is 1.68. The van der Waals surface area contributed by atoms with Gasteiger partial charge in [0.25, 0.3) is 5.69 Å². The molecule has 0 unspecified atom stereocenters. The summed E-state index contributed by atoms with van der Waals surface area (Å²) >= 11 is 0. The number of aromatic nitrogens is 1. The Bertz CT molecular complexity index is 2120. The maximum Gasteiger partial charge on any atom is 0.362 e. The smallest absolute Gasteiger partial charge is 0.338 e. The molecule has 0 spiro atoms. The first-order valence-corrected chi connectivity index (χ1v) is 15.6. The Hall–Kier alpha value is -5.78. The zero-order chi connectivity index (χ0) is 34.1. The molecule has 2 aromatic carbocycles. The number of Topliss-reactive ketones (excluding diaryl/α,β-unsaturated/α-hetero) is 2. The fourth-order valence-electron chi connectivity index (χ4n) is 6.53. The molecule has 3 aromatic rings. The summed E-state index contributed by atoms with van der Waals surface area (Å²) in [4.78, 5) is 74.3. The number of ketones is 2. The minimum Gasteiger partial charge on any atom is -0.338 e. The maximum atomic E-state index is 14.1. The van der Waals surface area contributed by atoms with Crippen LogP contribution in [0.5, 0.6) is 0 Å². The van der Waals surface area contributed by atoms with E-state index in [0.29, 0.717) is 45.8 Å². The third kappa shape index (κ3) is 6.04. The molecule has 1 aromatic heterocycles. The number of non-ortho nitro benzene ring substituents is 1. The van der Waals surface area contributed by atoms with Crippen molar-refractivity contribution in [2.75, 3.05) is 0 Å². The number of benzene rings is 2. The van der Waals surface area contributed by atoms with Gasteiger partial charge in [0.2, 0.25) is 11.6 Å².